The lowest BCUT2D eigenvalue weighted by Gasteiger charge is -2.23. The van der Waals surface area contributed by atoms with Gasteiger partial charge in [-0.25, -0.2) is 12.8 Å². The second-order valence-corrected chi connectivity index (χ2v) is 12.1. The molecule has 1 saturated heterocycles. The van der Waals surface area contributed by atoms with E-state index in [1.54, 1.807) is 31.2 Å². The minimum absolute atomic E-state index is 0.0184. The third-order valence-corrected chi connectivity index (χ3v) is 9.73. The molecule has 2 aliphatic carbocycles. The van der Waals surface area contributed by atoms with Gasteiger partial charge >= 0.3 is 0 Å². The molecular formula is C26H28FN3O3S. The lowest BCUT2D eigenvalue weighted by Crippen LogP contribution is -2.51. The van der Waals surface area contributed by atoms with E-state index in [1.165, 1.54) is 18.2 Å². The molecule has 3 unspecified atom stereocenters. The van der Waals surface area contributed by atoms with E-state index in [1.807, 2.05) is 0 Å². The van der Waals surface area contributed by atoms with Crippen molar-refractivity contribution in [2.75, 3.05) is 5.75 Å². The van der Waals surface area contributed by atoms with Crippen molar-refractivity contribution in [1.82, 2.24) is 10.6 Å². The number of carbonyl (C=O) groups excluding carboxylic acids is 1. The Labute approximate surface area is 199 Å². The molecule has 3 fully saturated rings. The van der Waals surface area contributed by atoms with Crippen molar-refractivity contribution in [2.45, 2.75) is 49.7 Å². The zero-order chi connectivity index (χ0) is 24.2. The highest BCUT2D eigenvalue weighted by Gasteiger charge is 2.67. The topological polar surface area (TPSA) is 99.1 Å². The SMILES string of the molecule is CCS(=O)(=O)c1ccc(-c2ccc(C[C@@H](C#N)NC(=O)[C@H]3N[C@H]4C[C@@H]3C3C(C)C34)c(F)c2)cc1. The van der Waals surface area contributed by atoms with Crippen LogP contribution in [0.3, 0.4) is 0 Å². The molecule has 0 radical (unpaired) electrons. The Morgan fingerprint density at radius 2 is 1.91 bits per heavy atom. The number of amides is 1. The number of hydrogen-bond donors (Lipinski definition) is 2. The van der Waals surface area contributed by atoms with Crippen LogP contribution in [-0.2, 0) is 21.1 Å². The van der Waals surface area contributed by atoms with Gasteiger partial charge in [-0.1, -0.05) is 38.1 Å². The van der Waals surface area contributed by atoms with Gasteiger partial charge in [-0.2, -0.15) is 5.26 Å². The van der Waals surface area contributed by atoms with Gasteiger partial charge in [0, 0.05) is 12.5 Å². The van der Waals surface area contributed by atoms with Gasteiger partial charge in [-0.15, -0.1) is 0 Å². The van der Waals surface area contributed by atoms with Crippen LogP contribution in [0, 0.1) is 40.8 Å². The van der Waals surface area contributed by atoms with Crippen molar-refractivity contribution in [2.24, 2.45) is 23.7 Å². The molecule has 0 aromatic heterocycles. The third-order valence-electron chi connectivity index (χ3n) is 7.98. The van der Waals surface area contributed by atoms with Crippen LogP contribution in [-0.4, -0.2) is 38.2 Å². The van der Waals surface area contributed by atoms with Gasteiger partial charge in [0.1, 0.15) is 11.9 Å². The first kappa shape index (κ1) is 23.0. The number of piperidine rings is 1. The fraction of sp³-hybridized carbons (Fsp3) is 0.462. The van der Waals surface area contributed by atoms with E-state index in [4.69, 9.17) is 0 Å². The normalized spacial score (nSPS) is 29.8. The summed E-state index contributed by atoms with van der Waals surface area (Å²) in [5.74, 6) is 1.69. The number of hydrogen-bond acceptors (Lipinski definition) is 5. The smallest absolute Gasteiger partial charge is 0.238 e. The Balaban J connectivity index is 1.24. The predicted octanol–water partition coefficient (Wildman–Crippen LogP) is 3.08. The predicted molar refractivity (Wildman–Crippen MR) is 126 cm³/mol. The fourth-order valence-corrected chi connectivity index (χ4v) is 7.01. The highest BCUT2D eigenvalue weighted by molar-refractivity contribution is 7.91. The molecule has 1 heterocycles. The molecule has 178 valence electrons. The van der Waals surface area contributed by atoms with E-state index in [2.05, 4.69) is 23.6 Å². The van der Waals surface area contributed by atoms with E-state index in [0.29, 0.717) is 46.4 Å². The van der Waals surface area contributed by atoms with Crippen molar-refractivity contribution < 1.29 is 17.6 Å². The van der Waals surface area contributed by atoms with Gasteiger partial charge in [0.2, 0.25) is 5.91 Å². The third kappa shape index (κ3) is 3.91. The molecular weight excluding hydrogens is 453 g/mol. The molecule has 8 heteroatoms. The minimum Gasteiger partial charge on any atom is -0.339 e. The summed E-state index contributed by atoms with van der Waals surface area (Å²) in [5, 5.41) is 15.8. The lowest BCUT2D eigenvalue weighted by molar-refractivity contribution is -0.124. The van der Waals surface area contributed by atoms with Crippen LogP contribution in [0.5, 0.6) is 0 Å². The number of sulfone groups is 1. The molecule has 2 saturated carbocycles. The molecule has 34 heavy (non-hydrogen) atoms. The Morgan fingerprint density at radius 1 is 1.21 bits per heavy atom. The molecule has 2 aromatic carbocycles. The maximum atomic E-state index is 14.9. The van der Waals surface area contributed by atoms with E-state index >= 15 is 0 Å². The van der Waals surface area contributed by atoms with Gasteiger partial charge in [-0.05, 0) is 65.0 Å². The number of halogens is 1. The van der Waals surface area contributed by atoms with Gasteiger partial charge in [0.15, 0.2) is 9.84 Å². The maximum absolute atomic E-state index is 14.9. The first-order valence-electron chi connectivity index (χ1n) is 11.8. The number of nitrogens with zero attached hydrogens (tertiary/aromatic N) is 1. The summed E-state index contributed by atoms with van der Waals surface area (Å²) < 4.78 is 38.9. The molecule has 0 spiro atoms. The van der Waals surface area contributed by atoms with E-state index in [0.717, 1.165) is 6.42 Å². The largest absolute Gasteiger partial charge is 0.339 e. The van der Waals surface area contributed by atoms with E-state index in [-0.39, 0.29) is 29.0 Å². The fourth-order valence-electron chi connectivity index (χ4n) is 6.13. The van der Waals surface area contributed by atoms with Crippen LogP contribution in [0.15, 0.2) is 47.4 Å². The Bertz CT molecular complexity index is 1270. The van der Waals surface area contributed by atoms with Crippen LogP contribution in [0.2, 0.25) is 0 Å². The first-order valence-corrected chi connectivity index (χ1v) is 13.5. The van der Waals surface area contributed by atoms with Crippen LogP contribution in [0.25, 0.3) is 11.1 Å². The summed E-state index contributed by atoms with van der Waals surface area (Å²) in [6.07, 6.45) is 1.10. The van der Waals surface area contributed by atoms with Crippen molar-refractivity contribution in [3.05, 3.63) is 53.8 Å². The van der Waals surface area contributed by atoms with E-state index < -0.39 is 21.7 Å². The number of nitriles is 1. The van der Waals surface area contributed by atoms with Gasteiger partial charge in [0.25, 0.3) is 0 Å². The average molecular weight is 482 g/mol. The second kappa shape index (κ2) is 8.47. The summed E-state index contributed by atoms with van der Waals surface area (Å²) >= 11 is 0. The summed E-state index contributed by atoms with van der Waals surface area (Å²) in [5.41, 5.74) is 1.65. The van der Waals surface area contributed by atoms with E-state index in [9.17, 15) is 22.9 Å². The number of nitrogens with one attached hydrogen (secondary N) is 2. The molecule has 5 rings (SSSR count). The van der Waals surface area contributed by atoms with Crippen LogP contribution < -0.4 is 10.6 Å². The quantitative estimate of drug-likeness (QED) is 0.633. The molecule has 2 bridgehead atoms. The van der Waals surface area contributed by atoms with Gasteiger partial charge in [-0.3, -0.25) is 4.79 Å². The van der Waals surface area contributed by atoms with Crippen LogP contribution >= 0.6 is 0 Å². The van der Waals surface area contributed by atoms with Crippen molar-refractivity contribution in [3.63, 3.8) is 0 Å². The Morgan fingerprint density at radius 3 is 2.53 bits per heavy atom. The summed E-state index contributed by atoms with van der Waals surface area (Å²) in [7, 11) is -3.29. The maximum Gasteiger partial charge on any atom is 0.238 e. The van der Waals surface area contributed by atoms with Crippen LogP contribution in [0.4, 0.5) is 4.39 Å². The van der Waals surface area contributed by atoms with Crippen molar-refractivity contribution in [3.8, 4) is 17.2 Å². The second-order valence-electron chi connectivity index (χ2n) is 9.79. The molecule has 3 aliphatic rings. The average Bonchev–Trinajstić information content (AvgIpc) is 3.18. The standard InChI is InChI=1S/C26H28FN3O3S/c1-3-34(32,33)19-8-6-15(7-9-19)16-4-5-17(21(27)11-16)10-18(13-28)29-26(31)25-20-12-22(30-25)24-14(2)23(20)24/h4-9,11,14,18,20,22-25,30H,3,10,12H2,1-2H3,(H,29,31)/t14?,18-,20+,22-,23?,24?,25-/m0/s1. The number of rotatable bonds is 7. The molecule has 6 nitrogen and oxygen atoms in total. The monoisotopic (exact) mass is 481 g/mol. The minimum atomic E-state index is -3.29. The highest BCUT2D eigenvalue weighted by atomic mass is 32.2. The molecule has 1 amide bonds. The van der Waals surface area contributed by atoms with Gasteiger partial charge in [0.05, 0.1) is 22.8 Å². The lowest BCUT2D eigenvalue weighted by atomic mass is 9.94. The Hall–Kier alpha value is -2.76. The molecule has 7 atom stereocenters. The zero-order valence-electron chi connectivity index (χ0n) is 19.2. The molecule has 2 aromatic rings. The van der Waals surface area contributed by atoms with Gasteiger partial charge < -0.3 is 10.6 Å². The number of benzene rings is 2. The molecule has 2 N–H and O–H groups in total. The summed E-state index contributed by atoms with van der Waals surface area (Å²) in [6.45, 7) is 3.83. The highest BCUT2D eigenvalue weighted by Crippen LogP contribution is 2.64. The van der Waals surface area contributed by atoms with Crippen molar-refractivity contribution >= 4 is 15.7 Å². The number of fused-ring (bicyclic) bond motifs is 5. The Kier molecular flexibility index (Phi) is 5.73. The zero-order valence-corrected chi connectivity index (χ0v) is 20.0. The summed E-state index contributed by atoms with van der Waals surface area (Å²) in [6, 6.07) is 12.5. The number of carbonyl (C=O) groups is 1. The van der Waals surface area contributed by atoms with Crippen LogP contribution in [0.1, 0.15) is 25.8 Å². The molecule has 1 aliphatic heterocycles. The summed E-state index contributed by atoms with van der Waals surface area (Å²) in [4.78, 5) is 13.1. The van der Waals surface area contributed by atoms with Crippen molar-refractivity contribution in [1.29, 1.82) is 5.26 Å². The first-order chi connectivity index (χ1) is 16.2.